The van der Waals surface area contributed by atoms with Crippen molar-refractivity contribution in [3.63, 3.8) is 0 Å². The van der Waals surface area contributed by atoms with E-state index >= 15 is 0 Å². The molecule has 0 atom stereocenters. The summed E-state index contributed by atoms with van der Waals surface area (Å²) in [6.07, 6.45) is 5.65. The summed E-state index contributed by atoms with van der Waals surface area (Å²) in [6.45, 7) is 1.92. The summed E-state index contributed by atoms with van der Waals surface area (Å²) < 4.78 is 2.08. The monoisotopic (exact) mass is 430 g/mol. The predicted molar refractivity (Wildman–Crippen MR) is 120 cm³/mol. The van der Waals surface area contributed by atoms with E-state index in [2.05, 4.69) is 34.2 Å². The predicted octanol–water partition coefficient (Wildman–Crippen LogP) is 2.85. The number of hydrogen-bond donors (Lipinski definition) is 1. The van der Waals surface area contributed by atoms with Gasteiger partial charge in [-0.05, 0) is 61.1 Å². The molecule has 2 aliphatic carbocycles. The Morgan fingerprint density at radius 2 is 1.56 bits per heavy atom. The summed E-state index contributed by atoms with van der Waals surface area (Å²) in [5, 5.41) is 15.8. The maximum Gasteiger partial charge on any atom is 0.254 e. The number of carbonyl (C=O) groups is 2. The third-order valence-electron chi connectivity index (χ3n) is 6.88. The Balaban J connectivity index is 1.13. The normalized spacial score (nSPS) is 19.9. The van der Waals surface area contributed by atoms with Crippen molar-refractivity contribution in [3.8, 4) is 11.1 Å². The largest absolute Gasteiger partial charge is 0.380 e. The number of nitrogens with zero attached hydrogens (tertiary/aromatic N) is 4. The van der Waals surface area contributed by atoms with Gasteiger partial charge >= 0.3 is 0 Å². The van der Waals surface area contributed by atoms with E-state index in [9.17, 15) is 14.7 Å². The molecule has 1 saturated heterocycles. The third-order valence-corrected chi connectivity index (χ3v) is 6.88. The van der Waals surface area contributed by atoms with Crippen molar-refractivity contribution in [3.05, 3.63) is 54.2 Å². The molecule has 0 bridgehead atoms. The van der Waals surface area contributed by atoms with Crippen LogP contribution in [0.2, 0.25) is 0 Å². The molecule has 164 valence electrons. The first kappa shape index (κ1) is 19.5. The van der Waals surface area contributed by atoms with Crippen LogP contribution >= 0.6 is 0 Å². The number of benzene rings is 2. The van der Waals surface area contributed by atoms with Crippen LogP contribution in [0.3, 0.4) is 0 Å². The second-order valence-corrected chi connectivity index (χ2v) is 9.31. The molecule has 3 fully saturated rings. The lowest BCUT2D eigenvalue weighted by Gasteiger charge is -2.35. The SMILES string of the molecule is O=C(c1ccc(-c2ccc3nn(C4CC4)cc3c2)cc1)N1CCN(C(=O)C2(O)CC2)CC1. The number of rotatable bonds is 4. The molecule has 32 heavy (non-hydrogen) atoms. The smallest absolute Gasteiger partial charge is 0.254 e. The van der Waals surface area contributed by atoms with Gasteiger partial charge < -0.3 is 14.9 Å². The van der Waals surface area contributed by atoms with Crippen molar-refractivity contribution in [1.29, 1.82) is 0 Å². The van der Waals surface area contributed by atoms with Crippen LogP contribution < -0.4 is 0 Å². The zero-order chi connectivity index (χ0) is 21.9. The third kappa shape index (κ3) is 3.46. The van der Waals surface area contributed by atoms with Crippen LogP contribution in [0.15, 0.2) is 48.7 Å². The van der Waals surface area contributed by atoms with E-state index in [1.54, 1.807) is 9.80 Å². The van der Waals surface area contributed by atoms with Gasteiger partial charge in [0.15, 0.2) is 0 Å². The lowest BCUT2D eigenvalue weighted by molar-refractivity contribution is -0.143. The molecule has 1 aromatic heterocycles. The molecule has 7 heteroatoms. The number of aromatic nitrogens is 2. The number of fused-ring (bicyclic) bond motifs is 1. The first-order chi connectivity index (χ1) is 15.5. The molecule has 0 spiro atoms. The lowest BCUT2D eigenvalue weighted by atomic mass is 10.0. The molecule has 6 rings (SSSR count). The fourth-order valence-electron chi connectivity index (χ4n) is 4.48. The second kappa shape index (κ2) is 7.17. The van der Waals surface area contributed by atoms with Crippen molar-refractivity contribution in [2.24, 2.45) is 0 Å². The topological polar surface area (TPSA) is 78.7 Å². The standard InChI is InChI=1S/C25H26N4O3/c30-23(27-11-13-28(14-12-27)24(31)25(32)9-10-25)18-3-1-17(2-4-18)19-5-8-22-20(15-19)16-29(26-22)21-6-7-21/h1-5,8,15-16,21,32H,6-7,9-14H2. The Labute approximate surface area is 186 Å². The van der Waals surface area contributed by atoms with Crippen molar-refractivity contribution in [2.45, 2.75) is 37.3 Å². The first-order valence-corrected chi connectivity index (χ1v) is 11.4. The van der Waals surface area contributed by atoms with Crippen LogP contribution in [0.1, 0.15) is 42.1 Å². The number of amides is 2. The van der Waals surface area contributed by atoms with Crippen LogP contribution in [0.5, 0.6) is 0 Å². The fraction of sp³-hybridized carbons (Fsp3) is 0.400. The Kier molecular flexibility index (Phi) is 4.37. The molecule has 7 nitrogen and oxygen atoms in total. The van der Waals surface area contributed by atoms with E-state index in [0.717, 1.165) is 22.0 Å². The Morgan fingerprint density at radius 1 is 0.906 bits per heavy atom. The summed E-state index contributed by atoms with van der Waals surface area (Å²) in [6, 6.07) is 14.6. The number of hydrogen-bond acceptors (Lipinski definition) is 4. The van der Waals surface area contributed by atoms with Crippen LogP contribution in [0.25, 0.3) is 22.0 Å². The van der Waals surface area contributed by atoms with E-state index in [1.165, 1.54) is 12.8 Å². The van der Waals surface area contributed by atoms with E-state index in [0.29, 0.717) is 50.6 Å². The minimum atomic E-state index is -1.14. The molecule has 3 aliphatic rings. The van der Waals surface area contributed by atoms with E-state index in [-0.39, 0.29) is 11.8 Å². The van der Waals surface area contributed by atoms with Crippen LogP contribution in [-0.4, -0.2) is 68.3 Å². The summed E-state index contributed by atoms with van der Waals surface area (Å²) in [5.74, 6) is -0.205. The molecule has 2 heterocycles. The van der Waals surface area contributed by atoms with Gasteiger partial charge in [0.25, 0.3) is 11.8 Å². The summed E-state index contributed by atoms with van der Waals surface area (Å²) >= 11 is 0. The van der Waals surface area contributed by atoms with Gasteiger partial charge in [0.2, 0.25) is 0 Å². The van der Waals surface area contributed by atoms with Crippen molar-refractivity contribution >= 4 is 22.7 Å². The van der Waals surface area contributed by atoms with Gasteiger partial charge in [0.05, 0.1) is 11.6 Å². The van der Waals surface area contributed by atoms with Crippen molar-refractivity contribution in [1.82, 2.24) is 19.6 Å². The minimum absolute atomic E-state index is 0.0186. The molecule has 0 unspecified atom stereocenters. The molecule has 1 N–H and O–H groups in total. The second-order valence-electron chi connectivity index (χ2n) is 9.31. The average Bonchev–Trinajstić information content (AvgIpc) is 3.77. The van der Waals surface area contributed by atoms with Gasteiger partial charge in [-0.1, -0.05) is 18.2 Å². The van der Waals surface area contributed by atoms with Crippen LogP contribution in [0, 0.1) is 0 Å². The lowest BCUT2D eigenvalue weighted by Crippen LogP contribution is -2.53. The number of aliphatic hydroxyl groups is 1. The zero-order valence-corrected chi connectivity index (χ0v) is 17.9. The average molecular weight is 431 g/mol. The fourth-order valence-corrected chi connectivity index (χ4v) is 4.48. The highest BCUT2D eigenvalue weighted by atomic mass is 16.3. The van der Waals surface area contributed by atoms with E-state index < -0.39 is 5.60 Å². The summed E-state index contributed by atoms with van der Waals surface area (Å²) in [7, 11) is 0. The van der Waals surface area contributed by atoms with Gasteiger partial charge in [-0.15, -0.1) is 0 Å². The van der Waals surface area contributed by atoms with Crippen LogP contribution in [-0.2, 0) is 4.79 Å². The molecule has 0 radical (unpaired) electrons. The van der Waals surface area contributed by atoms with E-state index in [4.69, 9.17) is 0 Å². The Hall–Kier alpha value is -3.19. The van der Waals surface area contributed by atoms with Gasteiger partial charge in [-0.2, -0.15) is 5.10 Å². The Bertz CT molecular complexity index is 1200. The highest BCUT2D eigenvalue weighted by molar-refractivity contribution is 5.95. The van der Waals surface area contributed by atoms with Gasteiger partial charge in [-0.3, -0.25) is 14.3 Å². The maximum absolute atomic E-state index is 12.9. The van der Waals surface area contributed by atoms with Gasteiger partial charge in [0.1, 0.15) is 5.60 Å². The van der Waals surface area contributed by atoms with E-state index in [1.807, 2.05) is 24.3 Å². The number of carbonyl (C=O) groups excluding carboxylic acids is 2. The molecule has 2 saturated carbocycles. The molecule has 2 amide bonds. The minimum Gasteiger partial charge on any atom is -0.380 e. The van der Waals surface area contributed by atoms with Crippen molar-refractivity contribution < 1.29 is 14.7 Å². The number of piperazine rings is 1. The molecule has 1 aliphatic heterocycles. The molecular formula is C25H26N4O3. The summed E-state index contributed by atoms with van der Waals surface area (Å²) in [4.78, 5) is 28.7. The summed E-state index contributed by atoms with van der Waals surface area (Å²) in [5.41, 5.74) is 2.70. The Morgan fingerprint density at radius 3 is 2.22 bits per heavy atom. The highest BCUT2D eigenvalue weighted by Gasteiger charge is 2.50. The first-order valence-electron chi connectivity index (χ1n) is 11.4. The molecule has 3 aromatic rings. The van der Waals surface area contributed by atoms with Gasteiger partial charge in [-0.25, -0.2) is 0 Å². The highest BCUT2D eigenvalue weighted by Crippen LogP contribution is 2.37. The zero-order valence-electron chi connectivity index (χ0n) is 17.9. The van der Waals surface area contributed by atoms with Gasteiger partial charge in [0, 0.05) is 43.3 Å². The quantitative estimate of drug-likeness (QED) is 0.690. The van der Waals surface area contributed by atoms with Crippen molar-refractivity contribution in [2.75, 3.05) is 26.2 Å². The maximum atomic E-state index is 12.9. The molecule has 2 aromatic carbocycles. The van der Waals surface area contributed by atoms with Crippen LogP contribution in [0.4, 0.5) is 0 Å². The molecular weight excluding hydrogens is 404 g/mol.